The van der Waals surface area contributed by atoms with Gasteiger partial charge in [-0.1, -0.05) is 5.16 Å². The number of imidazole rings is 1. The minimum absolute atomic E-state index is 0.436. The first kappa shape index (κ1) is 9.59. The molecule has 3 heterocycles. The molecule has 0 radical (unpaired) electrons. The fourth-order valence-corrected chi connectivity index (χ4v) is 2.18. The van der Waals surface area contributed by atoms with E-state index >= 15 is 0 Å². The number of hydrogen-bond acceptors (Lipinski definition) is 4. The van der Waals surface area contributed by atoms with E-state index < -0.39 is 0 Å². The maximum absolute atomic E-state index is 5.11. The van der Waals surface area contributed by atoms with Gasteiger partial charge in [0.25, 0.3) is 0 Å². The highest BCUT2D eigenvalue weighted by Gasteiger charge is 2.19. The number of nitrogens with one attached hydrogen (secondary N) is 1. The third kappa shape index (κ3) is 1.74. The van der Waals surface area contributed by atoms with Crippen LogP contribution in [0, 0.1) is 0 Å². The van der Waals surface area contributed by atoms with Gasteiger partial charge in [0.1, 0.15) is 0 Å². The molecule has 2 aromatic heterocycles. The van der Waals surface area contributed by atoms with E-state index in [2.05, 4.69) is 20.0 Å². The summed E-state index contributed by atoms with van der Waals surface area (Å²) in [5, 5.41) is 7.18. The Hall–Kier alpha value is -1.62. The van der Waals surface area contributed by atoms with E-state index in [-0.39, 0.29) is 0 Å². The third-order valence-electron chi connectivity index (χ3n) is 2.98. The molecule has 84 valence electrons. The van der Waals surface area contributed by atoms with Crippen molar-refractivity contribution in [2.24, 2.45) is 0 Å². The molecule has 1 atom stereocenters. The largest absolute Gasteiger partial charge is 0.359 e. The van der Waals surface area contributed by atoms with Crippen LogP contribution in [0.25, 0.3) is 0 Å². The first-order chi connectivity index (χ1) is 7.93. The van der Waals surface area contributed by atoms with Crippen molar-refractivity contribution < 1.29 is 4.52 Å². The van der Waals surface area contributed by atoms with Gasteiger partial charge in [-0.3, -0.25) is 0 Å². The van der Waals surface area contributed by atoms with E-state index in [1.807, 2.05) is 18.6 Å². The van der Waals surface area contributed by atoms with Crippen LogP contribution in [0.2, 0.25) is 0 Å². The standard InChI is InChI=1S/C11H14N4O/c1-2-10(13-4-1)11-6-12-8-15(11)7-9-3-5-14-16-9/h3,5-6,8,10,13H,1-2,4,7H2. The minimum Gasteiger partial charge on any atom is -0.359 e. The number of hydrogen-bond donors (Lipinski definition) is 1. The van der Waals surface area contributed by atoms with Crippen LogP contribution < -0.4 is 5.32 Å². The zero-order valence-electron chi connectivity index (χ0n) is 8.97. The van der Waals surface area contributed by atoms with Gasteiger partial charge in [-0.2, -0.15) is 0 Å². The van der Waals surface area contributed by atoms with Gasteiger partial charge >= 0.3 is 0 Å². The van der Waals surface area contributed by atoms with Gasteiger partial charge in [-0.15, -0.1) is 0 Å². The maximum atomic E-state index is 5.11. The fraction of sp³-hybridized carbons (Fsp3) is 0.455. The molecule has 0 amide bonds. The quantitative estimate of drug-likeness (QED) is 0.844. The summed E-state index contributed by atoms with van der Waals surface area (Å²) in [5.41, 5.74) is 1.23. The highest BCUT2D eigenvalue weighted by molar-refractivity contribution is 5.09. The Labute approximate surface area is 93.5 Å². The Morgan fingerprint density at radius 3 is 3.31 bits per heavy atom. The molecular formula is C11H14N4O. The van der Waals surface area contributed by atoms with Gasteiger partial charge in [-0.05, 0) is 19.4 Å². The third-order valence-corrected chi connectivity index (χ3v) is 2.98. The summed E-state index contributed by atoms with van der Waals surface area (Å²) >= 11 is 0. The molecule has 3 rings (SSSR count). The second kappa shape index (κ2) is 4.09. The highest BCUT2D eigenvalue weighted by atomic mass is 16.5. The first-order valence-corrected chi connectivity index (χ1v) is 5.56. The normalized spacial score (nSPS) is 20.4. The van der Waals surface area contributed by atoms with E-state index in [1.165, 1.54) is 18.5 Å². The SMILES string of the molecule is c1cc(Cn2cncc2C2CCCN2)on1. The smallest absolute Gasteiger partial charge is 0.156 e. The lowest BCUT2D eigenvalue weighted by Gasteiger charge is -2.12. The van der Waals surface area contributed by atoms with Crippen LogP contribution in [0.3, 0.4) is 0 Å². The summed E-state index contributed by atoms with van der Waals surface area (Å²) in [6.07, 6.45) is 7.86. The molecule has 1 aliphatic rings. The Kier molecular flexibility index (Phi) is 2.46. The van der Waals surface area contributed by atoms with Gasteiger partial charge in [0.15, 0.2) is 5.76 Å². The Balaban J connectivity index is 1.82. The molecule has 5 nitrogen and oxygen atoms in total. The van der Waals surface area contributed by atoms with Crippen LogP contribution in [0.1, 0.15) is 30.3 Å². The van der Waals surface area contributed by atoms with Crippen molar-refractivity contribution in [3.63, 3.8) is 0 Å². The van der Waals surface area contributed by atoms with Crippen molar-refractivity contribution in [3.8, 4) is 0 Å². The minimum atomic E-state index is 0.436. The molecule has 1 unspecified atom stereocenters. The Morgan fingerprint density at radius 1 is 1.56 bits per heavy atom. The fourth-order valence-electron chi connectivity index (χ4n) is 2.18. The number of rotatable bonds is 3. The average molecular weight is 218 g/mol. The van der Waals surface area contributed by atoms with E-state index in [4.69, 9.17) is 4.52 Å². The molecule has 0 spiro atoms. The summed E-state index contributed by atoms with van der Waals surface area (Å²) in [4.78, 5) is 4.21. The summed E-state index contributed by atoms with van der Waals surface area (Å²) in [6.45, 7) is 1.80. The summed E-state index contributed by atoms with van der Waals surface area (Å²) < 4.78 is 7.22. The van der Waals surface area contributed by atoms with Crippen LogP contribution >= 0.6 is 0 Å². The lowest BCUT2D eigenvalue weighted by Crippen LogP contribution is -2.17. The molecule has 0 aromatic carbocycles. The summed E-state index contributed by atoms with van der Waals surface area (Å²) in [5.74, 6) is 0.859. The summed E-state index contributed by atoms with van der Waals surface area (Å²) in [7, 11) is 0. The van der Waals surface area contributed by atoms with Crippen molar-refractivity contribution in [1.82, 2.24) is 20.0 Å². The molecule has 1 saturated heterocycles. The first-order valence-electron chi connectivity index (χ1n) is 5.56. The van der Waals surface area contributed by atoms with Crippen LogP contribution in [-0.2, 0) is 6.54 Å². The van der Waals surface area contributed by atoms with Gasteiger partial charge < -0.3 is 14.4 Å². The van der Waals surface area contributed by atoms with E-state index in [1.54, 1.807) is 6.20 Å². The molecule has 1 fully saturated rings. The van der Waals surface area contributed by atoms with Crippen molar-refractivity contribution in [3.05, 3.63) is 36.2 Å². The average Bonchev–Trinajstić information content (AvgIpc) is 2.98. The zero-order chi connectivity index (χ0) is 10.8. The predicted molar refractivity (Wildman–Crippen MR) is 57.8 cm³/mol. The van der Waals surface area contributed by atoms with Gasteiger partial charge in [0.05, 0.1) is 24.8 Å². The topological polar surface area (TPSA) is 55.9 Å². The van der Waals surface area contributed by atoms with Gasteiger partial charge in [0.2, 0.25) is 0 Å². The molecule has 0 aliphatic carbocycles. The predicted octanol–water partition coefficient (Wildman–Crippen LogP) is 1.34. The molecular weight excluding hydrogens is 204 g/mol. The number of aromatic nitrogens is 3. The highest BCUT2D eigenvalue weighted by Crippen LogP contribution is 2.23. The molecule has 16 heavy (non-hydrogen) atoms. The molecule has 0 saturated carbocycles. The molecule has 0 bridgehead atoms. The zero-order valence-corrected chi connectivity index (χ0v) is 8.97. The molecule has 1 aliphatic heterocycles. The lowest BCUT2D eigenvalue weighted by atomic mass is 10.2. The second-order valence-corrected chi connectivity index (χ2v) is 4.07. The van der Waals surface area contributed by atoms with Crippen LogP contribution in [0.5, 0.6) is 0 Å². The van der Waals surface area contributed by atoms with E-state index in [0.717, 1.165) is 12.3 Å². The Bertz CT molecular complexity index is 442. The van der Waals surface area contributed by atoms with E-state index in [0.29, 0.717) is 12.6 Å². The van der Waals surface area contributed by atoms with Crippen molar-refractivity contribution in [2.75, 3.05) is 6.54 Å². The van der Waals surface area contributed by atoms with Crippen LogP contribution in [0.4, 0.5) is 0 Å². The Morgan fingerprint density at radius 2 is 2.56 bits per heavy atom. The number of nitrogens with zero attached hydrogens (tertiary/aromatic N) is 3. The summed E-state index contributed by atoms with van der Waals surface area (Å²) in [6, 6.07) is 2.32. The second-order valence-electron chi connectivity index (χ2n) is 4.07. The van der Waals surface area contributed by atoms with Crippen molar-refractivity contribution in [2.45, 2.75) is 25.4 Å². The van der Waals surface area contributed by atoms with Crippen molar-refractivity contribution in [1.29, 1.82) is 0 Å². The lowest BCUT2D eigenvalue weighted by molar-refractivity contribution is 0.373. The monoisotopic (exact) mass is 218 g/mol. The molecule has 2 aromatic rings. The molecule has 1 N–H and O–H groups in total. The van der Waals surface area contributed by atoms with Crippen LogP contribution in [0.15, 0.2) is 29.3 Å². The van der Waals surface area contributed by atoms with Crippen molar-refractivity contribution >= 4 is 0 Å². The maximum Gasteiger partial charge on any atom is 0.156 e. The van der Waals surface area contributed by atoms with Gasteiger partial charge in [-0.25, -0.2) is 4.98 Å². The van der Waals surface area contributed by atoms with Gasteiger partial charge in [0, 0.05) is 18.3 Å². The van der Waals surface area contributed by atoms with E-state index in [9.17, 15) is 0 Å². The molecule has 5 heteroatoms. The van der Waals surface area contributed by atoms with Crippen LogP contribution in [-0.4, -0.2) is 21.3 Å².